The Balaban J connectivity index is 1.36. The lowest BCUT2D eigenvalue weighted by Gasteiger charge is -2.19. The van der Waals surface area contributed by atoms with Crippen LogP contribution in [0.15, 0.2) is 72.8 Å². The van der Waals surface area contributed by atoms with Crippen molar-refractivity contribution in [3.05, 3.63) is 83.9 Å². The summed E-state index contributed by atoms with van der Waals surface area (Å²) in [5.74, 6) is 0.462. The number of urea groups is 1. The SMILES string of the molecule is CC1(C)Oc2ccc(NC(=O)N3CC(c4ccccc4)=C(c4ccc(OC(F)F)cc4)N3)cc2O1. The number of nitrogens with one attached hydrogen (secondary N) is 2. The van der Waals surface area contributed by atoms with Gasteiger partial charge in [-0.25, -0.2) is 9.80 Å². The van der Waals surface area contributed by atoms with Gasteiger partial charge in [-0.05, 0) is 42.0 Å². The highest BCUT2D eigenvalue weighted by molar-refractivity contribution is 5.98. The van der Waals surface area contributed by atoms with Crippen molar-refractivity contribution in [3.63, 3.8) is 0 Å². The molecule has 0 atom stereocenters. The highest BCUT2D eigenvalue weighted by atomic mass is 19.3. The maximum Gasteiger partial charge on any atom is 0.387 e. The predicted molar refractivity (Wildman–Crippen MR) is 127 cm³/mol. The minimum absolute atomic E-state index is 0.0594. The normalized spacial score (nSPS) is 15.9. The van der Waals surface area contributed by atoms with E-state index in [1.807, 2.05) is 44.2 Å². The molecule has 2 aliphatic heterocycles. The van der Waals surface area contributed by atoms with Gasteiger partial charge in [0.25, 0.3) is 0 Å². The Labute approximate surface area is 200 Å². The fourth-order valence-electron chi connectivity index (χ4n) is 4.01. The lowest BCUT2D eigenvalue weighted by atomic mass is 10.0. The second kappa shape index (κ2) is 8.83. The highest BCUT2D eigenvalue weighted by Crippen LogP contribution is 2.41. The van der Waals surface area contributed by atoms with Gasteiger partial charge < -0.3 is 19.5 Å². The van der Waals surface area contributed by atoms with Crippen LogP contribution in [0.3, 0.4) is 0 Å². The molecule has 2 N–H and O–H groups in total. The third kappa shape index (κ3) is 4.84. The number of hydrogen-bond donors (Lipinski definition) is 2. The largest absolute Gasteiger partial charge is 0.449 e. The molecule has 2 aliphatic rings. The molecular formula is C26H23F2N3O4. The van der Waals surface area contributed by atoms with Gasteiger partial charge in [-0.2, -0.15) is 8.78 Å². The first-order valence-corrected chi connectivity index (χ1v) is 11.0. The summed E-state index contributed by atoms with van der Waals surface area (Å²) in [6.45, 7) is 1.01. The monoisotopic (exact) mass is 479 g/mol. The van der Waals surface area contributed by atoms with Gasteiger partial charge in [0, 0.05) is 36.7 Å². The van der Waals surface area contributed by atoms with Crippen LogP contribution in [-0.4, -0.2) is 30.0 Å². The van der Waals surface area contributed by atoms with Crippen molar-refractivity contribution in [2.75, 3.05) is 11.9 Å². The lowest BCUT2D eigenvalue weighted by molar-refractivity contribution is -0.0499. The number of halogens is 2. The van der Waals surface area contributed by atoms with Crippen LogP contribution in [-0.2, 0) is 0 Å². The van der Waals surface area contributed by atoms with Gasteiger partial charge in [0.15, 0.2) is 11.5 Å². The van der Waals surface area contributed by atoms with Crippen LogP contribution < -0.4 is 25.0 Å². The van der Waals surface area contributed by atoms with Crippen molar-refractivity contribution in [2.24, 2.45) is 0 Å². The number of amides is 2. The number of carbonyl (C=O) groups is 1. The van der Waals surface area contributed by atoms with Crippen LogP contribution in [0, 0.1) is 0 Å². The zero-order valence-corrected chi connectivity index (χ0v) is 19.0. The van der Waals surface area contributed by atoms with E-state index < -0.39 is 12.4 Å². The van der Waals surface area contributed by atoms with Crippen LogP contribution in [0.5, 0.6) is 17.2 Å². The van der Waals surface area contributed by atoms with Crippen LogP contribution in [0.4, 0.5) is 19.3 Å². The van der Waals surface area contributed by atoms with Gasteiger partial charge in [-0.15, -0.1) is 0 Å². The molecule has 9 heteroatoms. The van der Waals surface area contributed by atoms with Gasteiger partial charge in [0.2, 0.25) is 5.79 Å². The Morgan fingerprint density at radius 2 is 1.71 bits per heavy atom. The van der Waals surface area contributed by atoms with E-state index in [0.717, 1.165) is 16.7 Å². The molecule has 0 aromatic heterocycles. The van der Waals surface area contributed by atoms with E-state index in [1.54, 1.807) is 30.3 Å². The van der Waals surface area contributed by atoms with Gasteiger partial charge >= 0.3 is 12.6 Å². The lowest BCUT2D eigenvalue weighted by Crippen LogP contribution is -2.40. The molecule has 0 spiro atoms. The number of benzene rings is 3. The summed E-state index contributed by atoms with van der Waals surface area (Å²) in [4.78, 5) is 13.1. The van der Waals surface area contributed by atoms with E-state index in [4.69, 9.17) is 9.47 Å². The molecule has 0 bridgehead atoms. The fraction of sp³-hybridized carbons (Fsp3) is 0.192. The molecule has 2 amide bonds. The van der Waals surface area contributed by atoms with Crippen LogP contribution >= 0.6 is 0 Å². The Hall–Kier alpha value is -4.27. The minimum atomic E-state index is -2.90. The number of alkyl halides is 2. The highest BCUT2D eigenvalue weighted by Gasteiger charge is 2.32. The molecule has 0 radical (unpaired) electrons. The molecule has 0 saturated heterocycles. The second-order valence-corrected chi connectivity index (χ2v) is 8.52. The van der Waals surface area contributed by atoms with Gasteiger partial charge in [-0.1, -0.05) is 30.3 Å². The summed E-state index contributed by atoms with van der Waals surface area (Å²) < 4.78 is 41.0. The topological polar surface area (TPSA) is 72.1 Å². The van der Waals surface area contributed by atoms with Gasteiger partial charge in [0.1, 0.15) is 5.75 Å². The van der Waals surface area contributed by atoms with E-state index in [9.17, 15) is 13.6 Å². The van der Waals surface area contributed by atoms with Crippen molar-refractivity contribution in [1.29, 1.82) is 0 Å². The molecular weight excluding hydrogens is 456 g/mol. The second-order valence-electron chi connectivity index (χ2n) is 8.52. The quantitative estimate of drug-likeness (QED) is 0.490. The summed E-state index contributed by atoms with van der Waals surface area (Å²) in [5.41, 5.74) is 6.96. The Morgan fingerprint density at radius 3 is 2.43 bits per heavy atom. The molecule has 180 valence electrons. The maximum atomic E-state index is 13.1. The van der Waals surface area contributed by atoms with Crippen molar-refractivity contribution in [3.8, 4) is 17.2 Å². The summed E-state index contributed by atoms with van der Waals surface area (Å²) in [5, 5.41) is 4.33. The molecule has 3 aromatic carbocycles. The third-order valence-electron chi connectivity index (χ3n) is 5.51. The van der Waals surface area contributed by atoms with E-state index in [1.165, 1.54) is 17.1 Å². The maximum absolute atomic E-state index is 13.1. The summed E-state index contributed by atoms with van der Waals surface area (Å²) >= 11 is 0. The number of fused-ring (bicyclic) bond motifs is 1. The van der Waals surface area contributed by atoms with E-state index in [2.05, 4.69) is 15.5 Å². The van der Waals surface area contributed by atoms with Crippen molar-refractivity contribution >= 4 is 23.0 Å². The van der Waals surface area contributed by atoms with Crippen molar-refractivity contribution < 1.29 is 27.8 Å². The van der Waals surface area contributed by atoms with Crippen LogP contribution in [0.1, 0.15) is 25.0 Å². The summed E-state index contributed by atoms with van der Waals surface area (Å²) in [7, 11) is 0. The summed E-state index contributed by atoms with van der Waals surface area (Å²) in [6.07, 6.45) is 0. The number of hydrogen-bond acceptors (Lipinski definition) is 5. The third-order valence-corrected chi connectivity index (χ3v) is 5.51. The van der Waals surface area contributed by atoms with E-state index in [-0.39, 0.29) is 18.3 Å². The van der Waals surface area contributed by atoms with E-state index in [0.29, 0.717) is 22.9 Å². The predicted octanol–water partition coefficient (Wildman–Crippen LogP) is 5.72. The van der Waals surface area contributed by atoms with E-state index >= 15 is 0 Å². The van der Waals surface area contributed by atoms with Gasteiger partial charge in [-0.3, -0.25) is 5.43 Å². The first-order chi connectivity index (χ1) is 16.8. The number of nitrogens with zero attached hydrogens (tertiary/aromatic N) is 1. The molecule has 7 nitrogen and oxygen atoms in total. The first-order valence-electron chi connectivity index (χ1n) is 11.0. The molecule has 3 aromatic rings. The number of hydrazine groups is 1. The Morgan fingerprint density at radius 1 is 1.00 bits per heavy atom. The Bertz CT molecular complexity index is 1280. The first kappa shape index (κ1) is 22.5. The zero-order valence-electron chi connectivity index (χ0n) is 19.0. The number of rotatable bonds is 5. The van der Waals surface area contributed by atoms with Crippen molar-refractivity contribution in [1.82, 2.24) is 10.4 Å². The molecule has 0 saturated carbocycles. The van der Waals surface area contributed by atoms with Crippen molar-refractivity contribution in [2.45, 2.75) is 26.2 Å². The van der Waals surface area contributed by atoms with Crippen LogP contribution in [0.25, 0.3) is 11.3 Å². The molecule has 0 aliphatic carbocycles. The van der Waals surface area contributed by atoms with Gasteiger partial charge in [0.05, 0.1) is 12.2 Å². The number of anilines is 1. The van der Waals surface area contributed by atoms with Crippen LogP contribution in [0.2, 0.25) is 0 Å². The average molecular weight is 479 g/mol. The molecule has 0 unspecified atom stereocenters. The fourth-order valence-corrected chi connectivity index (χ4v) is 4.01. The average Bonchev–Trinajstić information content (AvgIpc) is 3.39. The smallest absolute Gasteiger partial charge is 0.387 e. The molecule has 5 rings (SSSR count). The zero-order chi connectivity index (χ0) is 24.6. The molecule has 35 heavy (non-hydrogen) atoms. The Kier molecular flexibility index (Phi) is 5.68. The standard InChI is InChI=1S/C26H23F2N3O4/c1-26(2)34-21-13-10-18(14-22(21)35-26)29-25(32)31-15-20(16-6-4-3-5-7-16)23(30-31)17-8-11-19(12-9-17)33-24(27)28/h3-14,24,30H,15H2,1-2H3,(H,29,32). The number of ether oxygens (including phenoxy) is 3. The number of carbonyl (C=O) groups excluding carboxylic acids is 1. The summed E-state index contributed by atoms with van der Waals surface area (Å²) in [6, 6.07) is 20.7. The molecule has 0 fully saturated rings. The minimum Gasteiger partial charge on any atom is -0.449 e. The molecule has 2 heterocycles.